The number of benzene rings is 8. The maximum atomic E-state index is 2.44. The van der Waals surface area contributed by atoms with E-state index in [2.05, 4.69) is 245 Å². The van der Waals surface area contributed by atoms with Gasteiger partial charge in [-0.25, -0.2) is 0 Å². The standard InChI is InChI=1S/C55H48N2/c1-54(2,3)42-28-32-46(33-29-42)57(53-22-14-16-41-15-12-13-21-48(41)53)47-34-36-50-49-35-27-40(37-51(49)55(4,5)52(50)38-47)24-23-39-25-30-45(31-26-39)56(43-17-8-6-9-18-43)44-19-10-7-11-20-44/h6-38H,1-5H3. The van der Waals surface area contributed by atoms with Crippen LogP contribution < -0.4 is 9.80 Å². The fourth-order valence-electron chi connectivity index (χ4n) is 8.46. The second kappa shape index (κ2) is 14.5. The molecule has 0 heterocycles. The van der Waals surface area contributed by atoms with E-state index in [-0.39, 0.29) is 10.8 Å². The lowest BCUT2D eigenvalue weighted by Crippen LogP contribution is -2.17. The quantitative estimate of drug-likeness (QED) is 0.143. The predicted molar refractivity (Wildman–Crippen MR) is 245 cm³/mol. The van der Waals surface area contributed by atoms with Gasteiger partial charge in [0.15, 0.2) is 0 Å². The predicted octanol–water partition coefficient (Wildman–Crippen LogP) is 15.6. The summed E-state index contributed by atoms with van der Waals surface area (Å²) in [6.07, 6.45) is 4.47. The topological polar surface area (TPSA) is 6.48 Å². The third-order valence-electron chi connectivity index (χ3n) is 11.6. The van der Waals surface area contributed by atoms with Crippen molar-refractivity contribution < 1.29 is 0 Å². The third-order valence-corrected chi connectivity index (χ3v) is 11.6. The van der Waals surface area contributed by atoms with Crippen LogP contribution in [0.4, 0.5) is 34.1 Å². The summed E-state index contributed by atoms with van der Waals surface area (Å²) in [5, 5.41) is 2.47. The summed E-state index contributed by atoms with van der Waals surface area (Å²) in [6, 6.07) is 68.4. The molecule has 0 N–H and O–H groups in total. The Morgan fingerprint density at radius 1 is 0.421 bits per heavy atom. The van der Waals surface area contributed by atoms with Gasteiger partial charge in [-0.3, -0.25) is 0 Å². The fraction of sp³-hybridized carbons (Fsp3) is 0.127. The van der Waals surface area contributed by atoms with Crippen LogP contribution in [0.3, 0.4) is 0 Å². The Morgan fingerprint density at radius 3 is 1.58 bits per heavy atom. The molecule has 57 heavy (non-hydrogen) atoms. The van der Waals surface area contributed by atoms with E-state index in [1.807, 2.05) is 0 Å². The molecule has 0 aromatic heterocycles. The summed E-state index contributed by atoms with van der Waals surface area (Å²) in [7, 11) is 0. The molecule has 1 aliphatic carbocycles. The normalized spacial score (nSPS) is 13.1. The van der Waals surface area contributed by atoms with Crippen molar-refractivity contribution in [3.63, 3.8) is 0 Å². The minimum absolute atomic E-state index is 0.0812. The maximum Gasteiger partial charge on any atom is 0.0540 e. The van der Waals surface area contributed by atoms with Gasteiger partial charge in [0.25, 0.3) is 0 Å². The van der Waals surface area contributed by atoms with E-state index < -0.39 is 0 Å². The van der Waals surface area contributed by atoms with Crippen LogP contribution in [0.1, 0.15) is 62.4 Å². The van der Waals surface area contributed by atoms with Gasteiger partial charge >= 0.3 is 0 Å². The molecule has 0 aliphatic heterocycles. The van der Waals surface area contributed by atoms with Crippen molar-refractivity contribution in [2.24, 2.45) is 0 Å². The molecule has 0 fully saturated rings. The molecule has 1 aliphatic rings. The molecule has 0 atom stereocenters. The van der Waals surface area contributed by atoms with Crippen LogP contribution in [-0.4, -0.2) is 0 Å². The molecule has 8 aromatic rings. The summed E-state index contributed by atoms with van der Waals surface area (Å²) < 4.78 is 0. The Balaban J connectivity index is 1.03. The van der Waals surface area contributed by atoms with Crippen LogP contribution in [0.5, 0.6) is 0 Å². The summed E-state index contributed by atoms with van der Waals surface area (Å²) >= 11 is 0. The van der Waals surface area contributed by atoms with Crippen molar-refractivity contribution in [2.45, 2.75) is 45.4 Å². The fourth-order valence-corrected chi connectivity index (χ4v) is 8.46. The lowest BCUT2D eigenvalue weighted by Gasteiger charge is -2.30. The van der Waals surface area contributed by atoms with Crippen molar-refractivity contribution in [1.29, 1.82) is 0 Å². The van der Waals surface area contributed by atoms with E-state index in [0.29, 0.717) is 0 Å². The first-order valence-electron chi connectivity index (χ1n) is 20.0. The molecule has 2 nitrogen and oxygen atoms in total. The van der Waals surface area contributed by atoms with Gasteiger partial charge in [-0.15, -0.1) is 0 Å². The number of rotatable bonds is 8. The van der Waals surface area contributed by atoms with Gasteiger partial charge in [0, 0.05) is 39.2 Å². The lowest BCUT2D eigenvalue weighted by atomic mass is 9.81. The van der Waals surface area contributed by atoms with Crippen LogP contribution in [0.15, 0.2) is 188 Å². The Morgan fingerprint density at radius 2 is 0.912 bits per heavy atom. The summed E-state index contributed by atoms with van der Waals surface area (Å²) in [6.45, 7) is 11.6. The largest absolute Gasteiger partial charge is 0.311 e. The molecule has 0 saturated carbocycles. The van der Waals surface area contributed by atoms with E-state index in [1.165, 1.54) is 49.8 Å². The van der Waals surface area contributed by atoms with E-state index in [9.17, 15) is 0 Å². The number of fused-ring (bicyclic) bond motifs is 4. The molecule has 2 heteroatoms. The highest BCUT2D eigenvalue weighted by Crippen LogP contribution is 2.51. The van der Waals surface area contributed by atoms with E-state index in [4.69, 9.17) is 0 Å². The van der Waals surface area contributed by atoms with Crippen molar-refractivity contribution in [3.8, 4) is 11.1 Å². The maximum absolute atomic E-state index is 2.44. The van der Waals surface area contributed by atoms with Gasteiger partial charge in [0.2, 0.25) is 0 Å². The average molecular weight is 737 g/mol. The molecule has 0 unspecified atom stereocenters. The second-order valence-corrected chi connectivity index (χ2v) is 16.7. The van der Waals surface area contributed by atoms with E-state index in [1.54, 1.807) is 0 Å². The number of hydrogen-bond donors (Lipinski definition) is 0. The van der Waals surface area contributed by atoms with Crippen LogP contribution in [-0.2, 0) is 10.8 Å². The molecule has 8 aromatic carbocycles. The minimum Gasteiger partial charge on any atom is -0.311 e. The highest BCUT2D eigenvalue weighted by atomic mass is 15.1. The SMILES string of the molecule is CC(C)(C)c1ccc(N(c2ccc3c(c2)C(C)(C)c2cc(C=Cc4ccc(N(c5ccccc5)c5ccccc5)cc4)ccc2-3)c2cccc3ccccc23)cc1. The van der Waals surface area contributed by atoms with E-state index in [0.717, 1.165) is 34.0 Å². The lowest BCUT2D eigenvalue weighted by molar-refractivity contribution is 0.590. The Labute approximate surface area is 338 Å². The van der Waals surface area contributed by atoms with Gasteiger partial charge < -0.3 is 9.80 Å². The van der Waals surface area contributed by atoms with Gasteiger partial charge in [0.1, 0.15) is 0 Å². The molecule has 0 bridgehead atoms. The van der Waals surface area contributed by atoms with E-state index >= 15 is 0 Å². The van der Waals surface area contributed by atoms with Crippen LogP contribution in [0.25, 0.3) is 34.1 Å². The Bertz CT molecular complexity index is 2670. The first-order valence-corrected chi connectivity index (χ1v) is 20.0. The first kappa shape index (κ1) is 36.0. The van der Waals surface area contributed by atoms with Gasteiger partial charge in [-0.2, -0.15) is 0 Å². The Kier molecular flexibility index (Phi) is 9.14. The van der Waals surface area contributed by atoms with Crippen LogP contribution in [0, 0.1) is 0 Å². The van der Waals surface area contributed by atoms with Crippen molar-refractivity contribution in [3.05, 3.63) is 216 Å². The average Bonchev–Trinajstić information content (AvgIpc) is 3.46. The van der Waals surface area contributed by atoms with Gasteiger partial charge in [-0.1, -0.05) is 168 Å². The molecule has 9 rings (SSSR count). The molecule has 0 spiro atoms. The number of nitrogens with zero attached hydrogens (tertiary/aromatic N) is 2. The van der Waals surface area contributed by atoms with Crippen molar-refractivity contribution in [1.82, 2.24) is 0 Å². The van der Waals surface area contributed by atoms with Gasteiger partial charge in [-0.05, 0) is 116 Å². The Hall–Kier alpha value is -6.64. The number of anilines is 6. The monoisotopic (exact) mass is 736 g/mol. The molecule has 0 amide bonds. The zero-order valence-electron chi connectivity index (χ0n) is 33.4. The molecular weight excluding hydrogens is 689 g/mol. The minimum atomic E-state index is -0.176. The van der Waals surface area contributed by atoms with Gasteiger partial charge in [0.05, 0.1) is 5.69 Å². The van der Waals surface area contributed by atoms with Crippen LogP contribution in [0.2, 0.25) is 0 Å². The highest BCUT2D eigenvalue weighted by Gasteiger charge is 2.36. The molecule has 278 valence electrons. The third kappa shape index (κ3) is 6.83. The molecule has 0 saturated heterocycles. The van der Waals surface area contributed by atoms with Crippen molar-refractivity contribution >= 4 is 57.0 Å². The number of para-hydroxylation sites is 2. The second-order valence-electron chi connectivity index (χ2n) is 16.7. The zero-order chi connectivity index (χ0) is 39.1. The first-order chi connectivity index (χ1) is 27.6. The summed E-state index contributed by atoms with van der Waals surface area (Å²) in [5.74, 6) is 0. The van der Waals surface area contributed by atoms with Crippen LogP contribution >= 0.6 is 0 Å². The summed E-state index contributed by atoms with van der Waals surface area (Å²) in [4.78, 5) is 4.73. The molecule has 0 radical (unpaired) electrons. The number of hydrogen-bond acceptors (Lipinski definition) is 2. The zero-order valence-corrected chi connectivity index (χ0v) is 33.4. The molecular formula is C55H48N2. The highest BCUT2D eigenvalue weighted by molar-refractivity contribution is 5.99. The smallest absolute Gasteiger partial charge is 0.0540 e. The van der Waals surface area contributed by atoms with Crippen molar-refractivity contribution in [2.75, 3.05) is 9.80 Å². The summed E-state index contributed by atoms with van der Waals surface area (Å²) in [5.41, 5.74) is 15.8.